The molecule has 90 valence electrons. The Morgan fingerprint density at radius 1 is 1.20 bits per heavy atom. The first-order valence-electron chi connectivity index (χ1n) is 4.69. The van der Waals surface area contributed by atoms with Crippen LogP contribution in [0.1, 0.15) is 26.7 Å². The van der Waals surface area contributed by atoms with Crippen LogP contribution in [0.5, 0.6) is 0 Å². The molecule has 0 saturated carbocycles. The highest BCUT2D eigenvalue weighted by Gasteiger charge is 2.16. The van der Waals surface area contributed by atoms with Crippen molar-refractivity contribution >= 4 is 11.9 Å². The topological polar surface area (TPSA) is 78.6 Å². The van der Waals surface area contributed by atoms with Crippen molar-refractivity contribution in [2.75, 3.05) is 13.2 Å². The van der Waals surface area contributed by atoms with E-state index in [1.165, 1.54) is 0 Å². The second kappa shape index (κ2) is 9.73. The lowest BCUT2D eigenvalue weighted by molar-refractivity contribution is -0.146. The molecule has 0 bridgehead atoms. The van der Waals surface area contributed by atoms with E-state index in [2.05, 4.69) is 9.47 Å². The summed E-state index contributed by atoms with van der Waals surface area (Å²) in [6, 6.07) is -0.737. The molecule has 0 radical (unpaired) electrons. The summed E-state index contributed by atoms with van der Waals surface area (Å²) in [5.74, 6) is -0.816. The quantitative estimate of drug-likeness (QED) is 0.507. The van der Waals surface area contributed by atoms with E-state index in [1.807, 2.05) is 0 Å². The van der Waals surface area contributed by atoms with Gasteiger partial charge in [0.15, 0.2) is 0 Å². The zero-order valence-corrected chi connectivity index (χ0v) is 9.75. The van der Waals surface area contributed by atoms with E-state index in [1.54, 1.807) is 13.8 Å². The van der Waals surface area contributed by atoms with E-state index in [0.29, 0.717) is 13.2 Å². The van der Waals surface area contributed by atoms with E-state index >= 15 is 0 Å². The summed E-state index contributed by atoms with van der Waals surface area (Å²) in [4.78, 5) is 21.9. The van der Waals surface area contributed by atoms with Gasteiger partial charge in [0.1, 0.15) is 6.04 Å². The average Bonchev–Trinajstić information content (AvgIpc) is 2.15. The molecule has 0 spiro atoms. The smallest absolute Gasteiger partial charge is 0.322 e. The zero-order valence-electron chi connectivity index (χ0n) is 8.99. The van der Waals surface area contributed by atoms with Crippen LogP contribution in [0.15, 0.2) is 0 Å². The highest BCUT2D eigenvalue weighted by Crippen LogP contribution is 1.99. The van der Waals surface area contributed by atoms with Crippen molar-refractivity contribution in [3.05, 3.63) is 0 Å². The van der Waals surface area contributed by atoms with Gasteiger partial charge in [-0.25, -0.2) is 0 Å². The SMILES string of the molecule is CCOC(=O)CCC(N)C(=O)OCC.[Cl-]. The van der Waals surface area contributed by atoms with Gasteiger partial charge in [0, 0.05) is 6.42 Å². The molecule has 0 saturated heterocycles. The minimum absolute atomic E-state index is 0. The number of carbonyl (C=O) groups is 2. The third-order valence-corrected chi connectivity index (χ3v) is 1.55. The maximum absolute atomic E-state index is 11.0. The predicted molar refractivity (Wildman–Crippen MR) is 50.5 cm³/mol. The molecule has 0 heterocycles. The van der Waals surface area contributed by atoms with Crippen LogP contribution in [0.25, 0.3) is 0 Å². The number of ether oxygens (including phenoxy) is 2. The van der Waals surface area contributed by atoms with E-state index in [-0.39, 0.29) is 31.2 Å². The highest BCUT2D eigenvalue weighted by atomic mass is 35.5. The number of carbonyl (C=O) groups excluding carboxylic acids is 2. The Morgan fingerprint density at radius 3 is 2.20 bits per heavy atom. The van der Waals surface area contributed by atoms with Crippen LogP contribution in [0, 0.1) is 0 Å². The molecule has 0 fully saturated rings. The van der Waals surface area contributed by atoms with E-state index in [4.69, 9.17) is 5.73 Å². The van der Waals surface area contributed by atoms with Crippen LogP contribution < -0.4 is 18.1 Å². The Balaban J connectivity index is 0. The van der Waals surface area contributed by atoms with Crippen LogP contribution in [0.2, 0.25) is 0 Å². The molecule has 2 N–H and O–H groups in total. The standard InChI is InChI=1S/C9H17NO4.ClH/c1-3-13-8(11)6-5-7(10)9(12)14-4-2;/h7H,3-6,10H2,1-2H3;1H/p-1. The third kappa shape index (κ3) is 8.20. The molecule has 1 unspecified atom stereocenters. The number of hydrogen-bond acceptors (Lipinski definition) is 5. The van der Waals surface area contributed by atoms with Crippen LogP contribution in [-0.2, 0) is 19.1 Å². The second-order valence-electron chi connectivity index (χ2n) is 2.70. The van der Waals surface area contributed by atoms with Crippen LogP contribution >= 0.6 is 0 Å². The van der Waals surface area contributed by atoms with Crippen molar-refractivity contribution in [2.24, 2.45) is 5.73 Å². The molecule has 0 amide bonds. The maximum atomic E-state index is 11.0. The van der Waals surface area contributed by atoms with Gasteiger partial charge in [0.05, 0.1) is 13.2 Å². The van der Waals surface area contributed by atoms with Gasteiger partial charge in [0.25, 0.3) is 0 Å². The van der Waals surface area contributed by atoms with Gasteiger partial charge in [-0.1, -0.05) is 0 Å². The highest BCUT2D eigenvalue weighted by molar-refractivity contribution is 5.77. The van der Waals surface area contributed by atoms with Crippen LogP contribution in [-0.4, -0.2) is 31.2 Å². The molecule has 0 aromatic rings. The van der Waals surface area contributed by atoms with Crippen molar-refractivity contribution in [1.29, 1.82) is 0 Å². The summed E-state index contributed by atoms with van der Waals surface area (Å²) in [6.45, 7) is 4.07. The Kier molecular flexibility index (Phi) is 10.8. The van der Waals surface area contributed by atoms with Gasteiger partial charge in [0.2, 0.25) is 0 Å². The van der Waals surface area contributed by atoms with Crippen LogP contribution in [0.4, 0.5) is 0 Å². The second-order valence-corrected chi connectivity index (χ2v) is 2.70. The van der Waals surface area contributed by atoms with Gasteiger partial charge < -0.3 is 27.6 Å². The van der Waals surface area contributed by atoms with Crippen molar-refractivity contribution in [3.63, 3.8) is 0 Å². The average molecular weight is 239 g/mol. The lowest BCUT2D eigenvalue weighted by Crippen LogP contribution is -3.00. The molecular weight excluding hydrogens is 222 g/mol. The Hall–Kier alpha value is -0.810. The number of nitrogens with two attached hydrogens (primary N) is 1. The molecule has 15 heavy (non-hydrogen) atoms. The fourth-order valence-corrected chi connectivity index (χ4v) is 0.874. The molecule has 0 aliphatic heterocycles. The van der Waals surface area contributed by atoms with E-state index in [0.717, 1.165) is 0 Å². The van der Waals surface area contributed by atoms with Gasteiger partial charge in [-0.15, -0.1) is 0 Å². The molecule has 6 heteroatoms. The van der Waals surface area contributed by atoms with Gasteiger partial charge in [-0.3, -0.25) is 9.59 Å². The van der Waals surface area contributed by atoms with E-state index in [9.17, 15) is 9.59 Å². The van der Waals surface area contributed by atoms with Crippen LogP contribution in [0.3, 0.4) is 0 Å². The van der Waals surface area contributed by atoms with Gasteiger partial charge in [-0.2, -0.15) is 0 Å². The lowest BCUT2D eigenvalue weighted by atomic mass is 10.2. The molecule has 0 aliphatic carbocycles. The Bertz CT molecular complexity index is 199. The predicted octanol–water partition coefficient (Wildman–Crippen LogP) is -2.78. The van der Waals surface area contributed by atoms with Crippen molar-refractivity contribution in [1.82, 2.24) is 0 Å². The summed E-state index contributed by atoms with van der Waals surface area (Å²) in [7, 11) is 0. The number of esters is 2. The Morgan fingerprint density at radius 2 is 1.73 bits per heavy atom. The molecule has 0 rings (SSSR count). The largest absolute Gasteiger partial charge is 1.00 e. The normalized spacial score (nSPS) is 11.1. The molecular formula is C9H17ClNO4-. The molecule has 0 aromatic carbocycles. The first-order chi connectivity index (χ1) is 6.61. The first-order valence-corrected chi connectivity index (χ1v) is 4.69. The summed E-state index contributed by atoms with van der Waals surface area (Å²) < 4.78 is 9.37. The fraction of sp³-hybridized carbons (Fsp3) is 0.778. The number of halogens is 1. The zero-order chi connectivity index (χ0) is 11.0. The molecule has 5 nitrogen and oxygen atoms in total. The molecule has 0 aromatic heterocycles. The molecule has 1 atom stereocenters. The molecule has 0 aliphatic rings. The van der Waals surface area contributed by atoms with Crippen molar-refractivity contribution in [3.8, 4) is 0 Å². The summed E-state index contributed by atoms with van der Waals surface area (Å²) in [5.41, 5.74) is 5.47. The summed E-state index contributed by atoms with van der Waals surface area (Å²) in [5, 5.41) is 0. The minimum Gasteiger partial charge on any atom is -1.00 e. The van der Waals surface area contributed by atoms with E-state index < -0.39 is 12.0 Å². The van der Waals surface area contributed by atoms with Gasteiger partial charge in [-0.05, 0) is 20.3 Å². The number of hydrogen-bond donors (Lipinski definition) is 1. The summed E-state index contributed by atoms with van der Waals surface area (Å²) in [6.07, 6.45) is 0.408. The van der Waals surface area contributed by atoms with Crippen molar-refractivity contribution < 1.29 is 31.5 Å². The first kappa shape index (κ1) is 16.6. The fourth-order valence-electron chi connectivity index (χ4n) is 0.874. The summed E-state index contributed by atoms with van der Waals surface area (Å²) >= 11 is 0. The van der Waals surface area contributed by atoms with Crippen molar-refractivity contribution in [2.45, 2.75) is 32.7 Å². The Labute approximate surface area is 95.7 Å². The van der Waals surface area contributed by atoms with Gasteiger partial charge >= 0.3 is 11.9 Å². The monoisotopic (exact) mass is 238 g/mol. The minimum atomic E-state index is -0.737. The lowest BCUT2D eigenvalue weighted by Gasteiger charge is -2.09. The third-order valence-electron chi connectivity index (χ3n) is 1.55. The number of rotatable bonds is 6. The maximum Gasteiger partial charge on any atom is 0.322 e.